The number of rotatable bonds is 3. The molecule has 8 heteroatoms. The van der Waals surface area contributed by atoms with Crippen LogP contribution in [0.2, 0.25) is 0 Å². The van der Waals surface area contributed by atoms with E-state index in [1.54, 1.807) is 0 Å². The number of esters is 1. The van der Waals surface area contributed by atoms with Crippen LogP contribution in [-0.4, -0.2) is 27.4 Å². The molecule has 2 aliphatic rings. The maximum Gasteiger partial charge on any atom is 0.332 e. The molecular weight excluding hydrogens is 414 g/mol. The third kappa shape index (κ3) is 2.70. The van der Waals surface area contributed by atoms with Crippen molar-refractivity contribution in [2.24, 2.45) is 18.0 Å². The first kappa shape index (κ1) is 17.9. The molecule has 140 valence electrons. The molecule has 0 radical (unpaired) electrons. The first-order valence-corrected chi connectivity index (χ1v) is 9.56. The number of halogens is 1. The monoisotopic (exact) mass is 431 g/mol. The van der Waals surface area contributed by atoms with Crippen LogP contribution in [0.4, 0.5) is 5.82 Å². The fourth-order valence-corrected chi connectivity index (χ4v) is 4.09. The van der Waals surface area contributed by atoms with Gasteiger partial charge in [-0.15, -0.1) is 0 Å². The lowest BCUT2D eigenvalue weighted by atomic mass is 9.78. The van der Waals surface area contributed by atoms with E-state index in [1.807, 2.05) is 31.2 Å². The van der Waals surface area contributed by atoms with Crippen LogP contribution >= 0.6 is 15.9 Å². The van der Waals surface area contributed by atoms with Gasteiger partial charge >= 0.3 is 11.7 Å². The number of cyclic esters (lactones) is 1. The summed E-state index contributed by atoms with van der Waals surface area (Å²) in [4.78, 5) is 42.7. The van der Waals surface area contributed by atoms with Gasteiger partial charge in [0.2, 0.25) is 0 Å². The second kappa shape index (κ2) is 6.60. The van der Waals surface area contributed by atoms with E-state index in [0.29, 0.717) is 23.6 Å². The van der Waals surface area contributed by atoms with Crippen molar-refractivity contribution in [2.45, 2.75) is 25.8 Å². The van der Waals surface area contributed by atoms with Gasteiger partial charge in [-0.05, 0) is 24.1 Å². The van der Waals surface area contributed by atoms with E-state index in [-0.39, 0.29) is 12.6 Å². The molecule has 0 bridgehead atoms. The van der Waals surface area contributed by atoms with Crippen molar-refractivity contribution in [1.29, 1.82) is 0 Å². The Bertz CT molecular complexity index is 1080. The lowest BCUT2D eigenvalue weighted by Crippen LogP contribution is -2.44. The molecule has 2 unspecified atom stereocenters. The molecule has 2 aliphatic heterocycles. The number of fused-ring (bicyclic) bond motifs is 2. The Kier molecular flexibility index (Phi) is 4.38. The van der Waals surface area contributed by atoms with Gasteiger partial charge in [-0.1, -0.05) is 35.0 Å². The van der Waals surface area contributed by atoms with Gasteiger partial charge < -0.3 is 4.74 Å². The summed E-state index contributed by atoms with van der Waals surface area (Å²) < 4.78 is 8.75. The molecular formula is C19H18BrN3O4. The minimum atomic E-state index is -0.640. The zero-order valence-electron chi connectivity index (χ0n) is 14.9. The topological polar surface area (TPSA) is 82.7 Å². The molecule has 3 heterocycles. The van der Waals surface area contributed by atoms with Crippen LogP contribution in [0.1, 0.15) is 30.4 Å². The molecule has 4 rings (SSSR count). The fourth-order valence-electron chi connectivity index (χ4n) is 3.82. The first-order valence-electron chi connectivity index (χ1n) is 8.77. The van der Waals surface area contributed by atoms with Crippen LogP contribution < -0.4 is 11.2 Å². The molecule has 0 saturated carbocycles. The summed E-state index contributed by atoms with van der Waals surface area (Å²) in [5.74, 6) is -1.21. The Hall–Kier alpha value is -2.48. The summed E-state index contributed by atoms with van der Waals surface area (Å²) in [6.45, 7) is 2.49. The maximum absolute atomic E-state index is 13.1. The van der Waals surface area contributed by atoms with Crippen molar-refractivity contribution < 1.29 is 9.53 Å². The number of hydrogen-bond donors (Lipinski definition) is 0. The number of aromatic nitrogens is 2. The van der Waals surface area contributed by atoms with Gasteiger partial charge in [0.15, 0.2) is 0 Å². The molecule has 7 nitrogen and oxygen atoms in total. The largest absolute Gasteiger partial charge is 0.459 e. The van der Waals surface area contributed by atoms with Crippen molar-refractivity contribution in [3.8, 4) is 0 Å². The zero-order valence-corrected chi connectivity index (χ0v) is 16.5. The number of carbonyl (C=O) groups excluding carboxylic acids is 1. The third-order valence-corrected chi connectivity index (χ3v) is 5.62. The van der Waals surface area contributed by atoms with Crippen LogP contribution in [0, 0.1) is 5.92 Å². The van der Waals surface area contributed by atoms with Crippen molar-refractivity contribution >= 4 is 33.4 Å². The van der Waals surface area contributed by atoms with Gasteiger partial charge in [-0.3, -0.25) is 18.7 Å². The van der Waals surface area contributed by atoms with Gasteiger partial charge in [0.25, 0.3) is 5.56 Å². The highest BCUT2D eigenvalue weighted by Crippen LogP contribution is 2.42. The maximum atomic E-state index is 13.1. The van der Waals surface area contributed by atoms with E-state index in [9.17, 15) is 14.4 Å². The summed E-state index contributed by atoms with van der Waals surface area (Å²) >= 11 is 3.41. The Morgan fingerprint density at radius 1 is 1.19 bits per heavy atom. The fraction of sp³-hybridized carbons (Fsp3) is 0.368. The summed E-state index contributed by atoms with van der Waals surface area (Å²) in [7, 11) is 1.46. The van der Waals surface area contributed by atoms with Crippen molar-refractivity contribution in [3.63, 3.8) is 0 Å². The van der Waals surface area contributed by atoms with Crippen molar-refractivity contribution in [3.05, 3.63) is 60.7 Å². The Morgan fingerprint density at radius 2 is 1.89 bits per heavy atom. The predicted octanol–water partition coefficient (Wildman–Crippen LogP) is 2.11. The van der Waals surface area contributed by atoms with Crippen LogP contribution in [0.5, 0.6) is 0 Å². The molecule has 2 atom stereocenters. The summed E-state index contributed by atoms with van der Waals surface area (Å²) in [5, 5.41) is 0. The zero-order chi connectivity index (χ0) is 19.3. The molecule has 0 aliphatic carbocycles. The number of ether oxygens (including phenoxy) is 1. The molecule has 1 aromatic heterocycles. The number of benzene rings is 1. The average Bonchev–Trinajstić information content (AvgIpc) is 3.03. The molecule has 1 fully saturated rings. The van der Waals surface area contributed by atoms with Gasteiger partial charge in [-0.2, -0.15) is 0 Å². The summed E-state index contributed by atoms with van der Waals surface area (Å²) in [6.07, 6.45) is 0.719. The van der Waals surface area contributed by atoms with E-state index in [0.717, 1.165) is 21.0 Å². The van der Waals surface area contributed by atoms with Gasteiger partial charge in [0, 0.05) is 24.0 Å². The molecule has 1 aromatic carbocycles. The molecule has 0 spiro atoms. The first-order chi connectivity index (χ1) is 12.9. The molecule has 2 aromatic rings. The van der Waals surface area contributed by atoms with Crippen LogP contribution in [0.15, 0.2) is 43.3 Å². The van der Waals surface area contributed by atoms with E-state index < -0.39 is 23.1 Å². The molecule has 27 heavy (non-hydrogen) atoms. The Balaban J connectivity index is 2.07. The number of nitrogens with zero attached hydrogens (tertiary/aromatic N) is 3. The average molecular weight is 432 g/mol. The number of hydrogen-bond acceptors (Lipinski definition) is 5. The summed E-state index contributed by atoms with van der Waals surface area (Å²) in [6, 6.07) is 7.49. The van der Waals surface area contributed by atoms with Gasteiger partial charge in [0.05, 0.1) is 11.3 Å². The quantitative estimate of drug-likeness (QED) is 0.696. The van der Waals surface area contributed by atoms with Crippen LogP contribution in [0.25, 0.3) is 0 Å². The van der Waals surface area contributed by atoms with E-state index in [2.05, 4.69) is 20.9 Å². The van der Waals surface area contributed by atoms with E-state index >= 15 is 0 Å². The minimum Gasteiger partial charge on any atom is -0.459 e. The molecule has 1 saturated heterocycles. The van der Waals surface area contributed by atoms with Gasteiger partial charge in [-0.25, -0.2) is 9.79 Å². The van der Waals surface area contributed by atoms with Gasteiger partial charge in [0.1, 0.15) is 18.3 Å². The smallest absolute Gasteiger partial charge is 0.332 e. The second-order valence-corrected chi connectivity index (χ2v) is 7.67. The highest BCUT2D eigenvalue weighted by Gasteiger charge is 2.46. The lowest BCUT2D eigenvalue weighted by Gasteiger charge is -2.28. The molecule has 0 amide bonds. The minimum absolute atomic E-state index is 0.0888. The second-order valence-electron chi connectivity index (χ2n) is 6.75. The van der Waals surface area contributed by atoms with Crippen LogP contribution in [0.3, 0.4) is 0 Å². The Labute approximate surface area is 163 Å². The van der Waals surface area contributed by atoms with E-state index in [1.165, 1.54) is 11.6 Å². The molecule has 0 N–H and O–H groups in total. The van der Waals surface area contributed by atoms with Crippen molar-refractivity contribution in [1.82, 2.24) is 9.13 Å². The number of carbonyl (C=O) groups is 1. The summed E-state index contributed by atoms with van der Waals surface area (Å²) in [5.41, 5.74) is 0.939. The standard InChI is InChI=1S/C19H18BrN3O4/c1-3-8-23-16-15(17(24)22(2)19(23)26)13(10-4-6-11(20)7-5-10)14-12(21-16)9-27-18(14)25/h4-7,13-14H,3,8-9H2,1-2H3. The predicted molar refractivity (Wildman–Crippen MR) is 104 cm³/mol. The third-order valence-electron chi connectivity index (χ3n) is 5.09. The lowest BCUT2D eigenvalue weighted by molar-refractivity contribution is -0.141. The SMILES string of the molecule is CCCn1c2c(c(=O)n(C)c1=O)C(c1ccc(Br)cc1)C1C(=O)OCC1=N2. The normalized spacial score (nSPS) is 20.7. The number of aliphatic imine (C=N–C) groups is 1. The van der Waals surface area contributed by atoms with Crippen LogP contribution in [-0.2, 0) is 23.1 Å². The highest BCUT2D eigenvalue weighted by molar-refractivity contribution is 9.10. The van der Waals surface area contributed by atoms with E-state index in [4.69, 9.17) is 4.74 Å². The highest BCUT2D eigenvalue weighted by atomic mass is 79.9. The van der Waals surface area contributed by atoms with Crippen molar-refractivity contribution in [2.75, 3.05) is 6.61 Å². The Morgan fingerprint density at radius 3 is 2.56 bits per heavy atom.